The van der Waals surface area contributed by atoms with Crippen LogP contribution in [0.25, 0.3) is 10.8 Å². The lowest BCUT2D eigenvalue weighted by molar-refractivity contribution is 0.202. The maximum atomic E-state index is 5.39. The summed E-state index contributed by atoms with van der Waals surface area (Å²) >= 11 is 6.53. The molecule has 1 N–H and O–H groups in total. The Morgan fingerprint density at radius 1 is 1.56 bits per heavy atom. The highest BCUT2D eigenvalue weighted by Crippen LogP contribution is 2.45. The number of nitrogens with one attached hydrogen (secondary N) is 1. The first-order valence-corrected chi connectivity index (χ1v) is 7.05. The number of thiazole rings is 1. The summed E-state index contributed by atoms with van der Waals surface area (Å²) in [7, 11) is 1.70. The van der Waals surface area contributed by atoms with Crippen LogP contribution in [0.2, 0.25) is 0 Å². The summed E-state index contributed by atoms with van der Waals surface area (Å²) in [6.07, 6.45) is 3.23. The Hall–Kier alpha value is -1.05. The van der Waals surface area contributed by atoms with Crippen LogP contribution < -0.4 is 0 Å². The van der Waals surface area contributed by atoms with Gasteiger partial charge in [0, 0.05) is 19.4 Å². The minimum atomic E-state index is 0.304. The average Bonchev–Trinajstić information content (AvgIpc) is 2.98. The summed E-state index contributed by atoms with van der Waals surface area (Å²) in [6.45, 7) is 0.682. The number of aromatic amines is 1. The van der Waals surface area contributed by atoms with Gasteiger partial charge in [0.05, 0.1) is 17.3 Å². The molecule has 5 nitrogen and oxygen atoms in total. The lowest BCUT2D eigenvalue weighted by Gasteiger charge is -1.93. The van der Waals surface area contributed by atoms with Crippen molar-refractivity contribution >= 4 is 23.6 Å². The zero-order valence-corrected chi connectivity index (χ0v) is 11.6. The summed E-state index contributed by atoms with van der Waals surface area (Å²) in [4.78, 5) is 6.00. The van der Waals surface area contributed by atoms with Gasteiger partial charge in [-0.05, 0) is 25.1 Å². The van der Waals surface area contributed by atoms with Crippen LogP contribution in [0.5, 0.6) is 0 Å². The second-order valence-electron chi connectivity index (χ2n) is 4.26. The SMILES string of the molecule is COCCc1nc(C2CC2)c(-c2n[nH]c(=S)o2)s1. The van der Waals surface area contributed by atoms with E-state index in [0.29, 0.717) is 23.3 Å². The number of rotatable bonds is 5. The molecule has 2 aromatic rings. The molecule has 1 aliphatic rings. The zero-order chi connectivity index (χ0) is 12.5. The quantitative estimate of drug-likeness (QED) is 0.855. The number of hydrogen-bond donors (Lipinski definition) is 1. The normalized spacial score (nSPS) is 15.2. The molecule has 0 unspecified atom stereocenters. The van der Waals surface area contributed by atoms with Crippen LogP contribution in [0.4, 0.5) is 0 Å². The van der Waals surface area contributed by atoms with Crippen molar-refractivity contribution in [3.63, 3.8) is 0 Å². The maximum absolute atomic E-state index is 5.39. The predicted molar refractivity (Wildman–Crippen MR) is 70.4 cm³/mol. The van der Waals surface area contributed by atoms with Crippen molar-refractivity contribution in [2.24, 2.45) is 0 Å². The summed E-state index contributed by atoms with van der Waals surface area (Å²) < 4.78 is 10.5. The van der Waals surface area contributed by atoms with Gasteiger partial charge < -0.3 is 9.15 Å². The number of H-pyrrole nitrogens is 1. The Morgan fingerprint density at radius 3 is 3.00 bits per heavy atom. The van der Waals surface area contributed by atoms with Gasteiger partial charge in [0.2, 0.25) is 0 Å². The van der Waals surface area contributed by atoms with Gasteiger partial charge in [-0.2, -0.15) is 0 Å². The van der Waals surface area contributed by atoms with E-state index in [0.717, 1.165) is 22.0 Å². The van der Waals surface area contributed by atoms with Crippen LogP contribution in [0.1, 0.15) is 29.5 Å². The highest BCUT2D eigenvalue weighted by Gasteiger charge is 2.31. The van der Waals surface area contributed by atoms with Crippen molar-refractivity contribution in [3.8, 4) is 10.8 Å². The topological polar surface area (TPSA) is 63.9 Å². The van der Waals surface area contributed by atoms with E-state index in [1.165, 1.54) is 12.8 Å². The molecule has 0 aromatic carbocycles. The second-order valence-corrected chi connectivity index (χ2v) is 5.71. The fraction of sp³-hybridized carbons (Fsp3) is 0.545. The van der Waals surface area contributed by atoms with Gasteiger partial charge in [0.15, 0.2) is 0 Å². The van der Waals surface area contributed by atoms with E-state index in [1.807, 2.05) is 0 Å². The molecule has 0 radical (unpaired) electrons. The first-order chi connectivity index (χ1) is 8.78. The number of methoxy groups -OCH3 is 1. The molecule has 18 heavy (non-hydrogen) atoms. The lowest BCUT2D eigenvalue weighted by atomic mass is 10.2. The summed E-state index contributed by atoms with van der Waals surface area (Å²) in [6, 6.07) is 0. The molecule has 0 spiro atoms. The predicted octanol–water partition coefficient (Wildman–Crippen LogP) is 2.92. The largest absolute Gasteiger partial charge is 0.408 e. The average molecular weight is 283 g/mol. The van der Waals surface area contributed by atoms with Crippen LogP contribution in [0, 0.1) is 4.84 Å². The maximum Gasteiger partial charge on any atom is 0.284 e. The van der Waals surface area contributed by atoms with E-state index in [2.05, 4.69) is 15.2 Å². The first kappa shape index (κ1) is 12.0. The van der Waals surface area contributed by atoms with Crippen LogP contribution in [-0.4, -0.2) is 28.9 Å². The summed E-state index contributed by atoms with van der Waals surface area (Å²) in [5, 5.41) is 7.82. The lowest BCUT2D eigenvalue weighted by Crippen LogP contribution is -1.93. The smallest absolute Gasteiger partial charge is 0.284 e. The molecule has 2 heterocycles. The molecule has 1 fully saturated rings. The third-order valence-corrected chi connectivity index (χ3v) is 4.11. The molecule has 0 atom stereocenters. The molecule has 1 saturated carbocycles. The fourth-order valence-corrected chi connectivity index (χ4v) is 2.97. The van der Waals surface area contributed by atoms with Crippen molar-refractivity contribution < 1.29 is 9.15 Å². The van der Waals surface area contributed by atoms with Crippen LogP contribution in [0.3, 0.4) is 0 Å². The Morgan fingerprint density at radius 2 is 2.39 bits per heavy atom. The summed E-state index contributed by atoms with van der Waals surface area (Å²) in [5.41, 5.74) is 1.11. The number of hydrogen-bond acceptors (Lipinski definition) is 6. The number of nitrogens with zero attached hydrogens (tertiary/aromatic N) is 2. The minimum absolute atomic E-state index is 0.304. The van der Waals surface area contributed by atoms with E-state index >= 15 is 0 Å². The van der Waals surface area contributed by atoms with Crippen molar-refractivity contribution in [1.82, 2.24) is 15.2 Å². The molecule has 1 aliphatic carbocycles. The molecule has 0 saturated heterocycles. The van der Waals surface area contributed by atoms with Gasteiger partial charge in [-0.15, -0.1) is 16.4 Å². The second kappa shape index (κ2) is 4.91. The Bertz CT molecular complexity index is 597. The van der Waals surface area contributed by atoms with E-state index < -0.39 is 0 Å². The van der Waals surface area contributed by atoms with Gasteiger partial charge in [0.1, 0.15) is 4.88 Å². The Balaban J connectivity index is 1.95. The van der Waals surface area contributed by atoms with Gasteiger partial charge in [-0.1, -0.05) is 0 Å². The molecule has 7 heteroatoms. The fourth-order valence-electron chi connectivity index (χ4n) is 1.79. The molecule has 0 aliphatic heterocycles. The van der Waals surface area contributed by atoms with E-state index in [1.54, 1.807) is 18.4 Å². The van der Waals surface area contributed by atoms with Crippen molar-refractivity contribution in [3.05, 3.63) is 15.5 Å². The number of aromatic nitrogens is 3. The molecule has 0 amide bonds. The molecular weight excluding hydrogens is 270 g/mol. The van der Waals surface area contributed by atoms with E-state index in [9.17, 15) is 0 Å². The molecule has 2 aromatic heterocycles. The monoisotopic (exact) mass is 283 g/mol. The third-order valence-electron chi connectivity index (χ3n) is 2.81. The van der Waals surface area contributed by atoms with Crippen molar-refractivity contribution in [1.29, 1.82) is 0 Å². The van der Waals surface area contributed by atoms with Gasteiger partial charge in [-0.25, -0.2) is 10.1 Å². The molecule has 96 valence electrons. The van der Waals surface area contributed by atoms with Crippen molar-refractivity contribution in [2.45, 2.75) is 25.2 Å². The zero-order valence-electron chi connectivity index (χ0n) is 9.93. The standard InChI is InChI=1S/C11H13N3O2S2/c1-15-5-4-7-12-8(6-2-3-6)9(18-7)10-13-14-11(17)16-10/h6H,2-5H2,1H3,(H,14,17). The van der Waals surface area contributed by atoms with Crippen LogP contribution in [-0.2, 0) is 11.2 Å². The first-order valence-electron chi connectivity index (χ1n) is 5.82. The van der Waals surface area contributed by atoms with Gasteiger partial charge >= 0.3 is 0 Å². The van der Waals surface area contributed by atoms with Gasteiger partial charge in [-0.3, -0.25) is 0 Å². The molecule has 0 bridgehead atoms. The van der Waals surface area contributed by atoms with Gasteiger partial charge in [0.25, 0.3) is 10.7 Å². The highest BCUT2D eigenvalue weighted by molar-refractivity contribution is 7.71. The van der Waals surface area contributed by atoms with E-state index in [-0.39, 0.29) is 0 Å². The van der Waals surface area contributed by atoms with Crippen LogP contribution in [0.15, 0.2) is 4.42 Å². The minimum Gasteiger partial charge on any atom is -0.408 e. The Labute approximate surface area is 113 Å². The van der Waals surface area contributed by atoms with Crippen LogP contribution >= 0.6 is 23.6 Å². The van der Waals surface area contributed by atoms with E-state index in [4.69, 9.17) is 21.4 Å². The third kappa shape index (κ3) is 2.38. The molecular formula is C11H13N3O2S2. The molecule has 3 rings (SSSR count). The highest BCUT2D eigenvalue weighted by atomic mass is 32.1. The summed E-state index contributed by atoms with van der Waals surface area (Å²) in [5.74, 6) is 1.12. The number of ether oxygens (including phenoxy) is 1. The Kier molecular flexibility index (Phi) is 3.27. The van der Waals surface area contributed by atoms with Crippen molar-refractivity contribution in [2.75, 3.05) is 13.7 Å².